The molecule has 1 amide bonds. The summed E-state index contributed by atoms with van der Waals surface area (Å²) in [6.45, 7) is 8.29. The quantitative estimate of drug-likeness (QED) is 0.803. The van der Waals surface area contributed by atoms with Gasteiger partial charge in [-0.2, -0.15) is 0 Å². The van der Waals surface area contributed by atoms with E-state index in [2.05, 4.69) is 27.2 Å². The SMILES string of the molecule is O=C(NCCN1CCOCC1)C1CCN(Cc2ccc3c(c2)OCO3)CC1. The molecular weight excluding hydrogens is 346 g/mol. The highest BCUT2D eigenvalue weighted by molar-refractivity contribution is 5.78. The van der Waals surface area contributed by atoms with Crippen LogP contribution in [-0.4, -0.2) is 75.0 Å². The highest BCUT2D eigenvalue weighted by Crippen LogP contribution is 2.33. The van der Waals surface area contributed by atoms with E-state index in [-0.39, 0.29) is 11.8 Å². The molecule has 0 atom stereocenters. The number of hydrogen-bond donors (Lipinski definition) is 1. The number of carbonyl (C=O) groups excluding carboxylic acids is 1. The second-order valence-electron chi connectivity index (χ2n) is 7.48. The Morgan fingerprint density at radius 3 is 2.63 bits per heavy atom. The second-order valence-corrected chi connectivity index (χ2v) is 7.48. The summed E-state index contributed by atoms with van der Waals surface area (Å²) in [5, 5.41) is 3.12. The monoisotopic (exact) mass is 375 g/mol. The minimum Gasteiger partial charge on any atom is -0.454 e. The summed E-state index contributed by atoms with van der Waals surface area (Å²) >= 11 is 0. The Bertz CT molecular complexity index is 640. The van der Waals surface area contributed by atoms with E-state index < -0.39 is 0 Å². The van der Waals surface area contributed by atoms with E-state index in [9.17, 15) is 4.79 Å². The zero-order valence-corrected chi connectivity index (χ0v) is 15.8. The fourth-order valence-corrected chi connectivity index (χ4v) is 3.96. The van der Waals surface area contributed by atoms with Crippen molar-refractivity contribution in [2.24, 2.45) is 5.92 Å². The zero-order valence-electron chi connectivity index (χ0n) is 15.8. The van der Waals surface area contributed by atoms with Crippen LogP contribution in [0.25, 0.3) is 0 Å². The lowest BCUT2D eigenvalue weighted by Gasteiger charge is -2.31. The van der Waals surface area contributed by atoms with Crippen LogP contribution in [0.5, 0.6) is 11.5 Å². The second kappa shape index (κ2) is 8.91. The summed E-state index contributed by atoms with van der Waals surface area (Å²) in [5.74, 6) is 2.02. The molecule has 0 bridgehead atoms. The first-order valence-electron chi connectivity index (χ1n) is 9.96. The maximum Gasteiger partial charge on any atom is 0.231 e. The molecule has 0 saturated carbocycles. The molecule has 0 radical (unpaired) electrons. The van der Waals surface area contributed by atoms with Crippen molar-refractivity contribution in [1.82, 2.24) is 15.1 Å². The first kappa shape index (κ1) is 18.5. The Kier molecular flexibility index (Phi) is 6.11. The van der Waals surface area contributed by atoms with Gasteiger partial charge in [0.2, 0.25) is 12.7 Å². The predicted molar refractivity (Wildman–Crippen MR) is 101 cm³/mol. The van der Waals surface area contributed by atoms with Gasteiger partial charge in [0, 0.05) is 38.6 Å². The largest absolute Gasteiger partial charge is 0.454 e. The van der Waals surface area contributed by atoms with Gasteiger partial charge in [-0.05, 0) is 43.6 Å². The molecule has 148 valence electrons. The van der Waals surface area contributed by atoms with Gasteiger partial charge in [-0.3, -0.25) is 14.6 Å². The molecule has 4 rings (SSSR count). The number of ether oxygens (including phenoxy) is 3. The number of carbonyl (C=O) groups is 1. The standard InChI is InChI=1S/C20H29N3O4/c24-20(21-5-8-22-9-11-25-12-10-22)17-3-6-23(7-4-17)14-16-1-2-18-19(13-16)27-15-26-18/h1-2,13,17H,3-12,14-15H2,(H,21,24). The molecule has 1 N–H and O–H groups in total. The summed E-state index contributed by atoms with van der Waals surface area (Å²) in [4.78, 5) is 17.2. The van der Waals surface area contributed by atoms with Crippen molar-refractivity contribution in [2.45, 2.75) is 19.4 Å². The number of fused-ring (bicyclic) bond motifs is 1. The van der Waals surface area contributed by atoms with Gasteiger partial charge in [0.25, 0.3) is 0 Å². The first-order valence-corrected chi connectivity index (χ1v) is 9.96. The smallest absolute Gasteiger partial charge is 0.231 e. The van der Waals surface area contributed by atoms with Crippen LogP contribution in [0.15, 0.2) is 18.2 Å². The lowest BCUT2D eigenvalue weighted by molar-refractivity contribution is -0.126. The Morgan fingerprint density at radius 1 is 1.04 bits per heavy atom. The average molecular weight is 375 g/mol. The number of likely N-dealkylation sites (tertiary alicyclic amines) is 1. The fraction of sp³-hybridized carbons (Fsp3) is 0.650. The molecule has 7 nitrogen and oxygen atoms in total. The molecule has 0 aromatic heterocycles. The van der Waals surface area contributed by atoms with E-state index >= 15 is 0 Å². The van der Waals surface area contributed by atoms with Gasteiger partial charge in [-0.1, -0.05) is 6.07 Å². The molecule has 7 heteroatoms. The number of morpholine rings is 1. The van der Waals surface area contributed by atoms with Crippen molar-refractivity contribution in [1.29, 1.82) is 0 Å². The molecular formula is C20H29N3O4. The number of benzene rings is 1. The molecule has 3 heterocycles. The lowest BCUT2D eigenvalue weighted by atomic mass is 9.95. The van der Waals surface area contributed by atoms with Gasteiger partial charge in [0.05, 0.1) is 13.2 Å². The van der Waals surface area contributed by atoms with Crippen LogP contribution in [0.4, 0.5) is 0 Å². The van der Waals surface area contributed by atoms with Crippen molar-refractivity contribution in [3.63, 3.8) is 0 Å². The molecule has 0 spiro atoms. The third kappa shape index (κ3) is 4.91. The van der Waals surface area contributed by atoms with Crippen LogP contribution >= 0.6 is 0 Å². The number of nitrogens with zero attached hydrogens (tertiary/aromatic N) is 2. The Labute approximate surface area is 160 Å². The number of amides is 1. The van der Waals surface area contributed by atoms with Crippen LogP contribution in [0.2, 0.25) is 0 Å². The van der Waals surface area contributed by atoms with Gasteiger partial charge in [0.1, 0.15) is 0 Å². The summed E-state index contributed by atoms with van der Waals surface area (Å²) < 4.78 is 16.2. The number of rotatable bonds is 6. The van der Waals surface area contributed by atoms with Gasteiger partial charge < -0.3 is 19.5 Å². The number of nitrogens with one attached hydrogen (secondary N) is 1. The van der Waals surface area contributed by atoms with Gasteiger partial charge in [0.15, 0.2) is 11.5 Å². The fourth-order valence-electron chi connectivity index (χ4n) is 3.96. The molecule has 1 aromatic carbocycles. The maximum atomic E-state index is 12.4. The van der Waals surface area contributed by atoms with Crippen molar-refractivity contribution >= 4 is 5.91 Å². The molecule has 0 unspecified atom stereocenters. The average Bonchev–Trinajstić information content (AvgIpc) is 3.17. The van der Waals surface area contributed by atoms with E-state index in [0.717, 1.165) is 83.4 Å². The van der Waals surface area contributed by atoms with E-state index in [4.69, 9.17) is 14.2 Å². The minimum absolute atomic E-state index is 0.141. The summed E-state index contributed by atoms with van der Waals surface area (Å²) in [5.41, 5.74) is 1.23. The van der Waals surface area contributed by atoms with Crippen molar-refractivity contribution in [3.8, 4) is 11.5 Å². The highest BCUT2D eigenvalue weighted by Gasteiger charge is 2.25. The van der Waals surface area contributed by atoms with Crippen LogP contribution in [0.1, 0.15) is 18.4 Å². The molecule has 1 aromatic rings. The number of hydrogen-bond acceptors (Lipinski definition) is 6. The third-order valence-corrected chi connectivity index (χ3v) is 5.63. The van der Waals surface area contributed by atoms with Crippen molar-refractivity contribution in [3.05, 3.63) is 23.8 Å². The minimum atomic E-state index is 0.141. The van der Waals surface area contributed by atoms with Crippen molar-refractivity contribution in [2.75, 3.05) is 59.3 Å². The van der Waals surface area contributed by atoms with Gasteiger partial charge >= 0.3 is 0 Å². The van der Waals surface area contributed by atoms with Crippen LogP contribution < -0.4 is 14.8 Å². The van der Waals surface area contributed by atoms with E-state index in [1.807, 2.05) is 6.07 Å². The van der Waals surface area contributed by atoms with Crippen LogP contribution in [-0.2, 0) is 16.1 Å². The van der Waals surface area contributed by atoms with E-state index in [1.165, 1.54) is 5.56 Å². The van der Waals surface area contributed by atoms with Crippen LogP contribution in [0, 0.1) is 5.92 Å². The summed E-state index contributed by atoms with van der Waals surface area (Å²) in [7, 11) is 0. The zero-order chi connectivity index (χ0) is 18.5. The molecule has 2 fully saturated rings. The molecule has 3 aliphatic heterocycles. The highest BCUT2D eigenvalue weighted by atomic mass is 16.7. The van der Waals surface area contributed by atoms with E-state index in [0.29, 0.717) is 6.79 Å². The van der Waals surface area contributed by atoms with Gasteiger partial charge in [-0.15, -0.1) is 0 Å². The molecule has 3 aliphatic rings. The van der Waals surface area contributed by atoms with Gasteiger partial charge in [-0.25, -0.2) is 0 Å². The maximum absolute atomic E-state index is 12.4. The molecule has 27 heavy (non-hydrogen) atoms. The first-order chi connectivity index (χ1) is 13.3. The third-order valence-electron chi connectivity index (χ3n) is 5.63. The normalized spacial score (nSPS) is 21.3. The predicted octanol–water partition coefficient (Wildman–Crippen LogP) is 1.08. The summed E-state index contributed by atoms with van der Waals surface area (Å²) in [6.07, 6.45) is 1.85. The molecule has 2 saturated heterocycles. The number of piperidine rings is 1. The lowest BCUT2D eigenvalue weighted by Crippen LogP contribution is -2.44. The Morgan fingerprint density at radius 2 is 1.81 bits per heavy atom. The van der Waals surface area contributed by atoms with Crippen LogP contribution in [0.3, 0.4) is 0 Å². The Hall–Kier alpha value is -1.83. The van der Waals surface area contributed by atoms with E-state index in [1.54, 1.807) is 0 Å². The van der Waals surface area contributed by atoms with Crippen molar-refractivity contribution < 1.29 is 19.0 Å². The Balaban J connectivity index is 1.16. The topological polar surface area (TPSA) is 63.3 Å². The molecule has 0 aliphatic carbocycles. The summed E-state index contributed by atoms with van der Waals surface area (Å²) in [6, 6.07) is 6.14.